The monoisotopic (exact) mass is 581 g/mol. The van der Waals surface area contributed by atoms with Crippen LogP contribution in [-0.4, -0.2) is 0 Å². The fraction of sp³-hybridized carbons (Fsp3) is 0.0909. The van der Waals surface area contributed by atoms with Crippen molar-refractivity contribution in [2.45, 2.75) is 27.2 Å². The molecular formula is C44H39N. The first-order valence-electron chi connectivity index (χ1n) is 15.6. The Bertz CT molecular complexity index is 2130. The second-order valence-electron chi connectivity index (χ2n) is 11.7. The highest BCUT2D eigenvalue weighted by atomic mass is 14.5. The Morgan fingerprint density at radius 3 is 1.80 bits per heavy atom. The first-order valence-corrected chi connectivity index (χ1v) is 15.6. The first-order chi connectivity index (χ1) is 22.1. The minimum atomic E-state index is 0.869. The minimum Gasteiger partial charge on any atom is -0.405 e. The molecule has 0 atom stereocenters. The Morgan fingerprint density at radius 1 is 0.556 bits per heavy atom. The second-order valence-corrected chi connectivity index (χ2v) is 11.7. The molecule has 220 valence electrons. The Hall–Kier alpha value is -5.40. The predicted molar refractivity (Wildman–Crippen MR) is 198 cm³/mol. The van der Waals surface area contributed by atoms with Crippen molar-refractivity contribution in [1.82, 2.24) is 0 Å². The van der Waals surface area contributed by atoms with Gasteiger partial charge in [0.25, 0.3) is 0 Å². The molecule has 0 bridgehead atoms. The average molecular weight is 582 g/mol. The lowest BCUT2D eigenvalue weighted by atomic mass is 9.89. The summed E-state index contributed by atoms with van der Waals surface area (Å²) in [4.78, 5) is 0. The number of hydrogen-bond acceptors (Lipinski definition) is 1. The molecule has 45 heavy (non-hydrogen) atoms. The molecule has 1 heteroatoms. The van der Waals surface area contributed by atoms with E-state index in [1.165, 1.54) is 76.8 Å². The molecule has 0 fully saturated rings. The minimum absolute atomic E-state index is 0.869. The average Bonchev–Trinajstić information content (AvgIpc) is 3.08. The Labute approximate surface area is 267 Å². The summed E-state index contributed by atoms with van der Waals surface area (Å²) in [6, 6.07) is 40.1. The Morgan fingerprint density at radius 2 is 1.13 bits per heavy atom. The summed E-state index contributed by atoms with van der Waals surface area (Å²) in [5, 5.41) is 7.80. The zero-order valence-corrected chi connectivity index (χ0v) is 26.3. The summed E-state index contributed by atoms with van der Waals surface area (Å²) < 4.78 is 0. The highest BCUT2D eigenvalue weighted by Crippen LogP contribution is 2.38. The summed E-state index contributed by atoms with van der Waals surface area (Å²) in [6.45, 7) is 6.61. The van der Waals surface area contributed by atoms with Crippen molar-refractivity contribution in [3.8, 4) is 22.3 Å². The molecule has 0 aliphatic heterocycles. The molecule has 2 N–H and O–H groups in total. The molecule has 0 aromatic heterocycles. The molecule has 6 rings (SSSR count). The van der Waals surface area contributed by atoms with E-state index in [1.54, 1.807) is 6.20 Å². The standard InChI is InChI=1S/C44H39N/c1-31(2)36(19-9-7-5-4-6-8-14-28-45)38-25-16-24-37(32(38)3)35-18-15-17-33(29-35)34-26-27-43-41-22-11-10-20-39(41)40-21-12-13-23-42(40)44(43)30-34/h5-30H,4,45H2,1-3H3/b7-5+,8-6-,19-9-,28-14-. The van der Waals surface area contributed by atoms with Gasteiger partial charge in [-0.1, -0.05) is 139 Å². The van der Waals surface area contributed by atoms with Gasteiger partial charge in [-0.25, -0.2) is 0 Å². The molecule has 0 saturated carbocycles. The van der Waals surface area contributed by atoms with E-state index in [-0.39, 0.29) is 0 Å². The molecule has 0 spiro atoms. The number of allylic oxidation sites excluding steroid dienone is 9. The zero-order valence-electron chi connectivity index (χ0n) is 26.3. The fourth-order valence-electron chi connectivity index (χ4n) is 6.33. The van der Waals surface area contributed by atoms with Gasteiger partial charge in [-0.05, 0) is 123 Å². The molecule has 0 radical (unpaired) electrons. The normalized spacial score (nSPS) is 12.2. The van der Waals surface area contributed by atoms with E-state index < -0.39 is 0 Å². The fourth-order valence-corrected chi connectivity index (χ4v) is 6.33. The molecular weight excluding hydrogens is 542 g/mol. The lowest BCUT2D eigenvalue weighted by Crippen LogP contribution is -1.93. The highest BCUT2D eigenvalue weighted by molar-refractivity contribution is 6.25. The van der Waals surface area contributed by atoms with Crippen LogP contribution in [0.4, 0.5) is 0 Å². The number of fused-ring (bicyclic) bond motifs is 6. The van der Waals surface area contributed by atoms with Gasteiger partial charge in [-0.3, -0.25) is 0 Å². The van der Waals surface area contributed by atoms with E-state index in [2.05, 4.69) is 160 Å². The smallest absolute Gasteiger partial charge is 0.00625 e. The van der Waals surface area contributed by atoms with E-state index in [0.717, 1.165) is 6.42 Å². The van der Waals surface area contributed by atoms with Gasteiger partial charge in [0.2, 0.25) is 0 Å². The van der Waals surface area contributed by atoms with Crippen molar-refractivity contribution in [2.24, 2.45) is 5.73 Å². The third kappa shape index (κ3) is 6.16. The van der Waals surface area contributed by atoms with E-state index in [0.29, 0.717) is 0 Å². The van der Waals surface area contributed by atoms with Crippen molar-refractivity contribution in [3.63, 3.8) is 0 Å². The number of nitrogens with two attached hydrogens (primary N) is 1. The molecule has 0 amide bonds. The van der Waals surface area contributed by atoms with Crippen molar-refractivity contribution < 1.29 is 0 Å². The second kappa shape index (κ2) is 13.5. The van der Waals surface area contributed by atoms with Crippen molar-refractivity contribution in [3.05, 3.63) is 175 Å². The largest absolute Gasteiger partial charge is 0.405 e. The van der Waals surface area contributed by atoms with E-state index in [4.69, 9.17) is 5.73 Å². The summed E-state index contributed by atoms with van der Waals surface area (Å²) in [7, 11) is 0. The van der Waals surface area contributed by atoms with E-state index >= 15 is 0 Å². The van der Waals surface area contributed by atoms with Crippen LogP contribution in [0.5, 0.6) is 0 Å². The zero-order chi connectivity index (χ0) is 31.2. The van der Waals surface area contributed by atoms with Crippen molar-refractivity contribution in [2.75, 3.05) is 0 Å². The van der Waals surface area contributed by atoms with Gasteiger partial charge in [-0.15, -0.1) is 0 Å². The van der Waals surface area contributed by atoms with Crippen LogP contribution in [0.2, 0.25) is 0 Å². The third-order valence-electron chi connectivity index (χ3n) is 8.55. The molecule has 0 heterocycles. The van der Waals surface area contributed by atoms with Crippen LogP contribution in [0.3, 0.4) is 0 Å². The highest BCUT2D eigenvalue weighted by Gasteiger charge is 2.12. The molecule has 6 aromatic carbocycles. The number of benzene rings is 6. The molecule has 0 aliphatic rings. The molecule has 6 aromatic rings. The van der Waals surface area contributed by atoms with Gasteiger partial charge < -0.3 is 5.73 Å². The number of hydrogen-bond donors (Lipinski definition) is 1. The molecule has 0 unspecified atom stereocenters. The summed E-state index contributed by atoms with van der Waals surface area (Å²) in [5.41, 5.74) is 15.4. The lowest BCUT2D eigenvalue weighted by Gasteiger charge is -2.15. The Kier molecular flexibility index (Phi) is 8.89. The first kappa shape index (κ1) is 29.7. The molecule has 0 aliphatic carbocycles. The topological polar surface area (TPSA) is 26.0 Å². The van der Waals surface area contributed by atoms with Crippen LogP contribution in [0.1, 0.15) is 31.4 Å². The van der Waals surface area contributed by atoms with E-state index in [1.807, 2.05) is 12.2 Å². The van der Waals surface area contributed by atoms with Gasteiger partial charge in [0.05, 0.1) is 0 Å². The van der Waals surface area contributed by atoms with Gasteiger partial charge >= 0.3 is 0 Å². The van der Waals surface area contributed by atoms with Crippen molar-refractivity contribution >= 4 is 37.9 Å². The van der Waals surface area contributed by atoms with E-state index in [9.17, 15) is 0 Å². The van der Waals surface area contributed by atoms with Crippen LogP contribution in [0, 0.1) is 6.92 Å². The van der Waals surface area contributed by atoms with Gasteiger partial charge in [0.15, 0.2) is 0 Å². The maximum atomic E-state index is 5.39. The SMILES string of the molecule is CC(C)=C(/C=C\C=C\C/C=C\C=C/N)c1cccc(-c2cccc(-c3ccc4c5ccccc5c5ccccc5c4c3)c2)c1C. The molecule has 0 saturated heterocycles. The third-order valence-corrected chi connectivity index (χ3v) is 8.55. The lowest BCUT2D eigenvalue weighted by molar-refractivity contribution is 1.35. The van der Waals surface area contributed by atoms with Crippen LogP contribution in [-0.2, 0) is 0 Å². The molecule has 1 nitrogen and oxygen atoms in total. The quantitative estimate of drug-likeness (QED) is 0.140. The summed E-state index contributed by atoms with van der Waals surface area (Å²) >= 11 is 0. The summed E-state index contributed by atoms with van der Waals surface area (Å²) in [6.07, 6.45) is 16.9. The predicted octanol–water partition coefficient (Wildman–Crippen LogP) is 12.1. The van der Waals surface area contributed by atoms with Gasteiger partial charge in [0, 0.05) is 0 Å². The van der Waals surface area contributed by atoms with Crippen LogP contribution in [0.15, 0.2) is 163 Å². The summed E-state index contributed by atoms with van der Waals surface area (Å²) in [5.74, 6) is 0. The Balaban J connectivity index is 1.36. The van der Waals surface area contributed by atoms with Gasteiger partial charge in [-0.2, -0.15) is 0 Å². The van der Waals surface area contributed by atoms with Crippen LogP contribution < -0.4 is 5.73 Å². The van der Waals surface area contributed by atoms with Crippen LogP contribution in [0.25, 0.3) is 60.1 Å². The maximum Gasteiger partial charge on any atom is -0.00625 e. The van der Waals surface area contributed by atoms with Crippen LogP contribution >= 0.6 is 0 Å². The van der Waals surface area contributed by atoms with Gasteiger partial charge in [0.1, 0.15) is 0 Å². The maximum absolute atomic E-state index is 5.39. The van der Waals surface area contributed by atoms with Crippen molar-refractivity contribution in [1.29, 1.82) is 0 Å². The number of rotatable bonds is 8.